The Labute approximate surface area is 104 Å². The molecule has 0 aliphatic rings. The molecular formula is C14H24O3. The third-order valence-electron chi connectivity index (χ3n) is 2.34. The Bertz CT molecular complexity index is 222. The molecule has 3 nitrogen and oxygen atoms in total. The first-order valence-electron chi connectivity index (χ1n) is 6.32. The van der Waals surface area contributed by atoms with E-state index in [1.165, 1.54) is 0 Å². The summed E-state index contributed by atoms with van der Waals surface area (Å²) in [7, 11) is 0. The Morgan fingerprint density at radius 1 is 1.12 bits per heavy atom. The first-order chi connectivity index (χ1) is 8.27. The molecule has 0 saturated heterocycles. The highest BCUT2D eigenvalue weighted by Gasteiger charge is 1.95. The van der Waals surface area contributed by atoms with Gasteiger partial charge in [-0.25, -0.2) is 0 Å². The summed E-state index contributed by atoms with van der Waals surface area (Å²) in [6.45, 7) is 5.05. The Kier molecular flexibility index (Phi) is 12.1. The monoisotopic (exact) mass is 240 g/mol. The zero-order chi connectivity index (χ0) is 12.8. The molecule has 0 bridgehead atoms. The smallest absolute Gasteiger partial charge is 0.303 e. The van der Waals surface area contributed by atoms with Crippen molar-refractivity contribution < 1.29 is 14.6 Å². The number of ether oxygens (including phenoxy) is 1. The molecule has 0 amide bonds. The molecule has 0 rings (SSSR count). The minimum atomic E-state index is -0.714. The summed E-state index contributed by atoms with van der Waals surface area (Å²) in [6, 6.07) is 0. The van der Waals surface area contributed by atoms with Gasteiger partial charge in [0.2, 0.25) is 0 Å². The number of hydrogen-bond acceptors (Lipinski definition) is 2. The summed E-state index contributed by atoms with van der Waals surface area (Å²) in [6.07, 6.45) is 12.3. The highest BCUT2D eigenvalue weighted by Crippen LogP contribution is 2.00. The van der Waals surface area contributed by atoms with Crippen LogP contribution in [0, 0.1) is 0 Å². The fourth-order valence-electron chi connectivity index (χ4n) is 1.37. The third-order valence-corrected chi connectivity index (χ3v) is 2.34. The quantitative estimate of drug-likeness (QED) is 0.419. The summed E-state index contributed by atoms with van der Waals surface area (Å²) in [4.78, 5) is 10.2. The van der Waals surface area contributed by atoms with Crippen LogP contribution in [-0.2, 0) is 9.53 Å². The van der Waals surface area contributed by atoms with Gasteiger partial charge >= 0.3 is 5.97 Å². The van der Waals surface area contributed by atoms with E-state index >= 15 is 0 Å². The second-order valence-corrected chi connectivity index (χ2v) is 3.97. The zero-order valence-corrected chi connectivity index (χ0v) is 10.6. The van der Waals surface area contributed by atoms with Gasteiger partial charge in [0.05, 0.1) is 6.61 Å². The van der Waals surface area contributed by atoms with Crippen LogP contribution < -0.4 is 0 Å². The molecule has 0 unspecified atom stereocenters. The van der Waals surface area contributed by atoms with Crippen LogP contribution in [-0.4, -0.2) is 24.3 Å². The van der Waals surface area contributed by atoms with Crippen LogP contribution in [0.4, 0.5) is 0 Å². The summed E-state index contributed by atoms with van der Waals surface area (Å²) in [5, 5.41) is 8.43. The van der Waals surface area contributed by atoms with E-state index in [0.29, 0.717) is 6.61 Å². The second-order valence-electron chi connectivity index (χ2n) is 3.97. The largest absolute Gasteiger partial charge is 0.481 e. The van der Waals surface area contributed by atoms with Gasteiger partial charge in [0.15, 0.2) is 0 Å². The molecular weight excluding hydrogens is 216 g/mol. The number of hydrogen-bond donors (Lipinski definition) is 1. The van der Waals surface area contributed by atoms with Crippen LogP contribution in [0.3, 0.4) is 0 Å². The molecule has 0 aromatic heterocycles. The Hall–Kier alpha value is -1.09. The van der Waals surface area contributed by atoms with Gasteiger partial charge in [0, 0.05) is 13.0 Å². The molecule has 0 radical (unpaired) electrons. The van der Waals surface area contributed by atoms with Gasteiger partial charge in [0.1, 0.15) is 0 Å². The maximum absolute atomic E-state index is 10.2. The molecule has 17 heavy (non-hydrogen) atoms. The lowest BCUT2D eigenvalue weighted by atomic mass is 10.2. The molecule has 1 N–H and O–H groups in total. The first kappa shape index (κ1) is 15.9. The van der Waals surface area contributed by atoms with Crippen molar-refractivity contribution in [1.82, 2.24) is 0 Å². The number of carboxylic acids is 1. The van der Waals surface area contributed by atoms with Gasteiger partial charge in [-0.05, 0) is 32.1 Å². The Balaban J connectivity index is 3.07. The highest BCUT2D eigenvalue weighted by molar-refractivity contribution is 5.66. The lowest BCUT2D eigenvalue weighted by molar-refractivity contribution is -0.137. The second kappa shape index (κ2) is 13.0. The number of unbranched alkanes of at least 4 members (excludes halogenated alkanes) is 4. The van der Waals surface area contributed by atoms with Crippen LogP contribution in [0.15, 0.2) is 24.8 Å². The van der Waals surface area contributed by atoms with E-state index in [1.807, 2.05) is 12.2 Å². The van der Waals surface area contributed by atoms with Crippen molar-refractivity contribution in [2.24, 2.45) is 0 Å². The van der Waals surface area contributed by atoms with Crippen LogP contribution in [0.1, 0.15) is 44.9 Å². The third kappa shape index (κ3) is 14.9. The maximum Gasteiger partial charge on any atom is 0.303 e. The van der Waals surface area contributed by atoms with E-state index in [0.717, 1.165) is 45.1 Å². The molecule has 0 fully saturated rings. The minimum absolute atomic E-state index is 0.267. The molecule has 0 aromatic carbocycles. The van der Waals surface area contributed by atoms with Crippen molar-refractivity contribution in [3.8, 4) is 0 Å². The maximum atomic E-state index is 10.2. The van der Waals surface area contributed by atoms with E-state index in [1.54, 1.807) is 0 Å². The van der Waals surface area contributed by atoms with E-state index in [-0.39, 0.29) is 6.42 Å². The van der Waals surface area contributed by atoms with Crippen molar-refractivity contribution in [1.29, 1.82) is 0 Å². The molecule has 3 heteroatoms. The zero-order valence-electron chi connectivity index (χ0n) is 10.6. The van der Waals surface area contributed by atoms with E-state index < -0.39 is 5.97 Å². The van der Waals surface area contributed by atoms with Gasteiger partial charge in [-0.2, -0.15) is 0 Å². The van der Waals surface area contributed by atoms with Crippen molar-refractivity contribution in [3.05, 3.63) is 24.8 Å². The van der Waals surface area contributed by atoms with Crippen molar-refractivity contribution in [3.63, 3.8) is 0 Å². The van der Waals surface area contributed by atoms with Gasteiger partial charge in [-0.3, -0.25) is 4.79 Å². The predicted molar refractivity (Wildman–Crippen MR) is 70.1 cm³/mol. The number of carboxylic acid groups (broad SMARTS) is 1. The van der Waals surface area contributed by atoms with Crippen LogP contribution in [0.2, 0.25) is 0 Å². The molecule has 98 valence electrons. The number of carbonyl (C=O) groups is 1. The lowest BCUT2D eigenvalue weighted by Gasteiger charge is -2.00. The summed E-state index contributed by atoms with van der Waals surface area (Å²) in [5.74, 6) is -0.714. The van der Waals surface area contributed by atoms with Gasteiger partial charge in [-0.15, -0.1) is 6.58 Å². The van der Waals surface area contributed by atoms with Crippen molar-refractivity contribution in [2.75, 3.05) is 13.2 Å². The van der Waals surface area contributed by atoms with Crippen molar-refractivity contribution >= 4 is 5.97 Å². The highest BCUT2D eigenvalue weighted by atomic mass is 16.5. The van der Waals surface area contributed by atoms with E-state index in [4.69, 9.17) is 9.84 Å². The summed E-state index contributed by atoms with van der Waals surface area (Å²) >= 11 is 0. The molecule has 0 aromatic rings. The van der Waals surface area contributed by atoms with Crippen LogP contribution in [0.25, 0.3) is 0 Å². The topological polar surface area (TPSA) is 46.5 Å². The van der Waals surface area contributed by atoms with Crippen LogP contribution >= 0.6 is 0 Å². The summed E-state index contributed by atoms with van der Waals surface area (Å²) < 4.78 is 5.39. The minimum Gasteiger partial charge on any atom is -0.481 e. The first-order valence-corrected chi connectivity index (χ1v) is 6.32. The van der Waals surface area contributed by atoms with E-state index in [2.05, 4.69) is 12.7 Å². The van der Waals surface area contributed by atoms with E-state index in [9.17, 15) is 4.79 Å². The SMILES string of the molecule is C=CCCCC=CCOCCCCCC(=O)O. The lowest BCUT2D eigenvalue weighted by Crippen LogP contribution is -1.97. The molecule has 0 saturated carbocycles. The molecule has 0 heterocycles. The van der Waals surface area contributed by atoms with Gasteiger partial charge < -0.3 is 9.84 Å². The standard InChI is InChI=1S/C14H24O3/c1-2-3-4-5-6-9-12-17-13-10-7-8-11-14(15)16/h2,6,9H,1,3-5,7-8,10-13H2,(H,15,16). The van der Waals surface area contributed by atoms with Crippen LogP contribution in [0.5, 0.6) is 0 Å². The normalized spacial score (nSPS) is 10.8. The molecule has 0 spiro atoms. The van der Waals surface area contributed by atoms with Gasteiger partial charge in [0.25, 0.3) is 0 Å². The number of aliphatic carboxylic acids is 1. The predicted octanol–water partition coefficient (Wildman–Crippen LogP) is 3.56. The average molecular weight is 240 g/mol. The average Bonchev–Trinajstić information content (AvgIpc) is 2.30. The Morgan fingerprint density at radius 2 is 1.94 bits per heavy atom. The fraction of sp³-hybridized carbons (Fsp3) is 0.643. The summed E-state index contributed by atoms with van der Waals surface area (Å²) in [5.41, 5.74) is 0. The fourth-order valence-corrected chi connectivity index (χ4v) is 1.37. The van der Waals surface area contributed by atoms with Crippen molar-refractivity contribution in [2.45, 2.75) is 44.9 Å². The number of rotatable bonds is 12. The van der Waals surface area contributed by atoms with Gasteiger partial charge in [-0.1, -0.05) is 24.6 Å². The molecule has 0 aliphatic carbocycles. The number of allylic oxidation sites excluding steroid dienone is 2. The molecule has 0 aliphatic heterocycles. The molecule has 0 atom stereocenters. The Morgan fingerprint density at radius 3 is 2.65 bits per heavy atom.